The van der Waals surface area contributed by atoms with Gasteiger partial charge in [0.2, 0.25) is 18.2 Å². The Hall–Kier alpha value is -2.11. The number of anilines is 1. The number of aliphatic hydroxyl groups is 1. The molecule has 10 heteroatoms. The van der Waals surface area contributed by atoms with Gasteiger partial charge in [0.25, 0.3) is 0 Å². The van der Waals surface area contributed by atoms with Crippen LogP contribution in [0.15, 0.2) is 18.2 Å². The summed E-state index contributed by atoms with van der Waals surface area (Å²) in [5.41, 5.74) is 6.21. The number of nitrogens with zero attached hydrogens (tertiary/aromatic N) is 2. The number of nitrogens with one attached hydrogen (secondary N) is 2. The van der Waals surface area contributed by atoms with Crippen LogP contribution in [-0.2, 0) is 14.3 Å². The van der Waals surface area contributed by atoms with E-state index in [0.717, 1.165) is 38.8 Å². The van der Waals surface area contributed by atoms with Gasteiger partial charge in [0.15, 0.2) is 0 Å². The molecule has 2 aliphatic rings. The summed E-state index contributed by atoms with van der Waals surface area (Å²) in [6.07, 6.45) is 2.50. The summed E-state index contributed by atoms with van der Waals surface area (Å²) in [4.78, 5) is 30.3. The lowest BCUT2D eigenvalue weighted by Gasteiger charge is -2.37. The number of halogens is 1. The third kappa shape index (κ3) is 8.94. The van der Waals surface area contributed by atoms with E-state index in [1.54, 1.807) is 11.0 Å². The minimum atomic E-state index is -1.39. The summed E-state index contributed by atoms with van der Waals surface area (Å²) in [5.74, 6) is -0.932. The van der Waals surface area contributed by atoms with E-state index >= 15 is 4.39 Å². The second kappa shape index (κ2) is 13.5. The summed E-state index contributed by atoms with van der Waals surface area (Å²) >= 11 is 0. The quantitative estimate of drug-likeness (QED) is 0.350. The molecule has 1 unspecified atom stereocenters. The van der Waals surface area contributed by atoms with Crippen LogP contribution in [0.5, 0.6) is 0 Å². The number of carbonyl (C=O) groups is 2. The highest BCUT2D eigenvalue weighted by atomic mass is 19.1. The molecular weight excluding hydrogens is 501 g/mol. The fourth-order valence-corrected chi connectivity index (χ4v) is 5.36. The molecule has 39 heavy (non-hydrogen) atoms. The van der Waals surface area contributed by atoms with Crippen LogP contribution < -0.4 is 16.4 Å². The first-order valence-corrected chi connectivity index (χ1v) is 14.2. The van der Waals surface area contributed by atoms with Crippen molar-refractivity contribution in [3.8, 4) is 0 Å². The number of amides is 2. The van der Waals surface area contributed by atoms with E-state index in [2.05, 4.69) is 22.5 Å². The SMILES string of the molecule is CC1CCC([C@H](N)C(=O)Nc2ccc([C@H](C)[C@@H](NC(O)OC(C)(C)C)C(=O)N3CCN(C)CC3)cc2F)CC1. The lowest BCUT2D eigenvalue weighted by molar-refractivity contribution is -0.189. The topological polar surface area (TPSA) is 120 Å². The highest BCUT2D eigenvalue weighted by Gasteiger charge is 2.34. The Labute approximate surface area is 232 Å². The van der Waals surface area contributed by atoms with Crippen molar-refractivity contribution >= 4 is 17.5 Å². The number of likely N-dealkylation sites (N-methyl/N-ethyl adjacent to an activating group) is 1. The van der Waals surface area contributed by atoms with E-state index < -0.39 is 35.8 Å². The number of carbonyl (C=O) groups excluding carboxylic acids is 2. The summed E-state index contributed by atoms with van der Waals surface area (Å²) in [5, 5.41) is 16.1. The van der Waals surface area contributed by atoms with Crippen molar-refractivity contribution < 1.29 is 23.8 Å². The van der Waals surface area contributed by atoms with Crippen molar-refractivity contribution in [1.82, 2.24) is 15.1 Å². The van der Waals surface area contributed by atoms with Crippen molar-refractivity contribution in [2.75, 3.05) is 38.5 Å². The second-order valence-electron chi connectivity index (χ2n) is 12.4. The van der Waals surface area contributed by atoms with Gasteiger partial charge >= 0.3 is 0 Å². The van der Waals surface area contributed by atoms with Crippen molar-refractivity contribution in [1.29, 1.82) is 0 Å². The number of rotatable bonds is 9. The van der Waals surface area contributed by atoms with Gasteiger partial charge in [-0.25, -0.2) is 4.39 Å². The smallest absolute Gasteiger partial charge is 0.241 e. The van der Waals surface area contributed by atoms with Crippen molar-refractivity contribution in [3.05, 3.63) is 29.6 Å². The zero-order chi connectivity index (χ0) is 28.9. The fraction of sp³-hybridized carbons (Fsp3) is 0.724. The first-order chi connectivity index (χ1) is 18.2. The fourth-order valence-electron chi connectivity index (χ4n) is 5.36. The van der Waals surface area contributed by atoms with Gasteiger partial charge in [0, 0.05) is 32.1 Å². The monoisotopic (exact) mass is 549 g/mol. The van der Waals surface area contributed by atoms with Crippen molar-refractivity contribution in [2.45, 2.75) is 90.3 Å². The zero-order valence-electron chi connectivity index (χ0n) is 24.4. The Bertz CT molecular complexity index is 971. The normalized spacial score (nSPS) is 24.1. The summed E-state index contributed by atoms with van der Waals surface area (Å²) in [7, 11) is 2.01. The lowest BCUT2D eigenvalue weighted by atomic mass is 9.79. The number of nitrogens with two attached hydrogens (primary N) is 1. The Kier molecular flexibility index (Phi) is 10.9. The Balaban J connectivity index is 1.73. The van der Waals surface area contributed by atoms with Crippen LogP contribution in [0, 0.1) is 17.7 Å². The minimum absolute atomic E-state index is 0.0570. The third-order valence-corrected chi connectivity index (χ3v) is 8.02. The summed E-state index contributed by atoms with van der Waals surface area (Å²) in [6.45, 7) is 12.1. The van der Waals surface area contributed by atoms with E-state index in [1.165, 1.54) is 12.1 Å². The van der Waals surface area contributed by atoms with Gasteiger partial charge in [-0.3, -0.25) is 14.9 Å². The molecule has 5 N–H and O–H groups in total. The summed E-state index contributed by atoms with van der Waals surface area (Å²) in [6, 6.07) is 2.99. The Morgan fingerprint density at radius 2 is 1.74 bits per heavy atom. The predicted octanol–water partition coefficient (Wildman–Crippen LogP) is 2.84. The molecule has 1 saturated heterocycles. The molecule has 0 spiro atoms. The van der Waals surface area contributed by atoms with Crippen molar-refractivity contribution in [3.63, 3.8) is 0 Å². The predicted molar refractivity (Wildman–Crippen MR) is 150 cm³/mol. The highest BCUT2D eigenvalue weighted by molar-refractivity contribution is 5.95. The van der Waals surface area contributed by atoms with Crippen LogP contribution in [0.3, 0.4) is 0 Å². The first-order valence-electron chi connectivity index (χ1n) is 14.2. The van der Waals surface area contributed by atoms with Gasteiger partial charge in [-0.15, -0.1) is 0 Å². The number of hydrogen-bond acceptors (Lipinski definition) is 7. The molecule has 1 aliphatic heterocycles. The Morgan fingerprint density at radius 1 is 1.13 bits per heavy atom. The van der Waals surface area contributed by atoms with Gasteiger partial charge in [0.05, 0.1) is 23.4 Å². The van der Waals surface area contributed by atoms with Crippen LogP contribution in [0.4, 0.5) is 10.1 Å². The molecule has 1 saturated carbocycles. The molecule has 1 aromatic rings. The molecule has 0 radical (unpaired) electrons. The van der Waals surface area contributed by atoms with Crippen molar-refractivity contribution in [2.24, 2.45) is 17.6 Å². The lowest BCUT2D eigenvalue weighted by Crippen LogP contribution is -2.57. The van der Waals surface area contributed by atoms with Crippen LogP contribution in [0.25, 0.3) is 0 Å². The van der Waals surface area contributed by atoms with Crippen LogP contribution in [0.1, 0.15) is 71.8 Å². The largest absolute Gasteiger partial charge is 0.356 e. The molecular formula is C29H48FN5O4. The summed E-state index contributed by atoms with van der Waals surface area (Å²) < 4.78 is 20.8. The molecule has 1 aromatic carbocycles. The number of hydrogen-bond donors (Lipinski definition) is 4. The Morgan fingerprint density at radius 3 is 2.31 bits per heavy atom. The van der Waals surface area contributed by atoms with E-state index in [1.807, 2.05) is 34.7 Å². The average Bonchev–Trinajstić information content (AvgIpc) is 2.87. The van der Waals surface area contributed by atoms with Gasteiger partial charge in [-0.05, 0) is 70.2 Å². The zero-order valence-corrected chi connectivity index (χ0v) is 24.4. The maximum Gasteiger partial charge on any atom is 0.241 e. The molecule has 2 amide bonds. The molecule has 2 fully saturated rings. The van der Waals surface area contributed by atoms with Gasteiger partial charge in [-0.2, -0.15) is 0 Å². The van der Waals surface area contributed by atoms with Crippen LogP contribution in [-0.4, -0.2) is 84.0 Å². The molecule has 1 aliphatic carbocycles. The van der Waals surface area contributed by atoms with E-state index in [9.17, 15) is 14.7 Å². The van der Waals surface area contributed by atoms with Gasteiger partial charge < -0.3 is 30.7 Å². The molecule has 0 aromatic heterocycles. The number of ether oxygens (including phenoxy) is 1. The third-order valence-electron chi connectivity index (χ3n) is 8.02. The maximum atomic E-state index is 15.2. The van der Waals surface area contributed by atoms with Gasteiger partial charge in [-0.1, -0.05) is 32.8 Å². The van der Waals surface area contributed by atoms with E-state index in [4.69, 9.17) is 10.5 Å². The first kappa shape index (κ1) is 31.4. The second-order valence-corrected chi connectivity index (χ2v) is 12.4. The van der Waals surface area contributed by atoms with Crippen LogP contribution in [0.2, 0.25) is 0 Å². The minimum Gasteiger partial charge on any atom is -0.356 e. The number of piperazine rings is 1. The molecule has 3 rings (SSSR count). The molecule has 1 heterocycles. The average molecular weight is 550 g/mol. The highest BCUT2D eigenvalue weighted by Crippen LogP contribution is 2.31. The van der Waals surface area contributed by atoms with Gasteiger partial charge in [0.1, 0.15) is 5.82 Å². The molecule has 9 nitrogen and oxygen atoms in total. The number of aliphatic hydroxyl groups excluding tert-OH is 1. The van der Waals surface area contributed by atoms with Crippen LogP contribution >= 0.6 is 0 Å². The molecule has 0 bridgehead atoms. The number of benzene rings is 1. The molecule has 4 atom stereocenters. The molecule has 220 valence electrons. The standard InChI is InChI=1S/C29H48FN5O4/c1-18-7-9-20(10-8-18)24(31)26(36)32-23-12-11-21(17-22(23)30)19(2)25(33-28(38)39-29(3,4)5)27(37)35-15-13-34(6)14-16-35/h11-12,17-20,24-25,28,33,38H,7-10,13-16,31H2,1-6H3,(H,32,36)/t18?,19-,20?,24-,25+,28?/m0/s1. The van der Waals surface area contributed by atoms with E-state index in [-0.39, 0.29) is 23.4 Å². The maximum absolute atomic E-state index is 15.2. The van der Waals surface area contributed by atoms with E-state index in [0.29, 0.717) is 24.6 Å².